The third-order valence-corrected chi connectivity index (χ3v) is 3.31. The van der Waals surface area contributed by atoms with Gasteiger partial charge in [0.2, 0.25) is 0 Å². The fourth-order valence-corrected chi connectivity index (χ4v) is 2.24. The lowest BCUT2D eigenvalue weighted by molar-refractivity contribution is -0.139. The van der Waals surface area contributed by atoms with Crippen molar-refractivity contribution in [2.45, 2.75) is 39.5 Å². The van der Waals surface area contributed by atoms with Crippen LogP contribution in [-0.2, 0) is 10.9 Å². The van der Waals surface area contributed by atoms with Gasteiger partial charge in [-0.25, -0.2) is 9.18 Å². The van der Waals surface area contributed by atoms with E-state index in [9.17, 15) is 22.4 Å². The molecule has 24 heavy (non-hydrogen) atoms. The molecule has 2 aromatic rings. The average Bonchev–Trinajstić information content (AvgIpc) is 2.78. The Bertz CT molecular complexity index is 770. The molecule has 3 nitrogen and oxygen atoms in total. The maximum absolute atomic E-state index is 13.4. The summed E-state index contributed by atoms with van der Waals surface area (Å²) in [5.41, 5.74) is -1.07. The molecule has 0 saturated heterocycles. The minimum Gasteiger partial charge on any atom is -0.443 e. The first-order chi connectivity index (χ1) is 10.9. The van der Waals surface area contributed by atoms with E-state index < -0.39 is 29.3 Å². The van der Waals surface area contributed by atoms with Crippen molar-refractivity contribution in [3.63, 3.8) is 0 Å². The van der Waals surface area contributed by atoms with Gasteiger partial charge in [-0.05, 0) is 51.5 Å². The zero-order valence-corrected chi connectivity index (χ0v) is 13.7. The Morgan fingerprint density at radius 3 is 2.29 bits per heavy atom. The molecule has 130 valence electrons. The van der Waals surface area contributed by atoms with Crippen molar-refractivity contribution in [1.29, 1.82) is 0 Å². The molecule has 0 aliphatic carbocycles. The third-order valence-electron chi connectivity index (χ3n) is 3.31. The first-order valence-corrected chi connectivity index (χ1v) is 7.18. The maximum atomic E-state index is 13.4. The predicted octanol–water partition coefficient (Wildman–Crippen LogP) is 5.40. The molecular weight excluding hydrogens is 326 g/mol. The summed E-state index contributed by atoms with van der Waals surface area (Å²) in [5.74, 6) is -1.34. The lowest BCUT2D eigenvalue weighted by Crippen LogP contribution is -2.27. The van der Waals surface area contributed by atoms with E-state index in [1.807, 2.05) is 0 Å². The van der Waals surface area contributed by atoms with Gasteiger partial charge in [0.25, 0.3) is 0 Å². The Labute approximate surface area is 136 Å². The standard InChI is InChI=1S/C17H17F4NO2/c1-10-12(7-8-22(10)15(23)24-16(2,3)4)11-5-6-14(18)13(9-11)17(19,20)21/h5-9H,1-4H3. The van der Waals surface area contributed by atoms with Crippen LogP contribution in [0.25, 0.3) is 11.1 Å². The number of hydrogen-bond donors (Lipinski definition) is 0. The molecule has 0 atom stereocenters. The van der Waals surface area contributed by atoms with Crippen molar-refractivity contribution in [3.8, 4) is 11.1 Å². The third kappa shape index (κ3) is 3.77. The normalized spacial score (nSPS) is 12.3. The predicted molar refractivity (Wildman–Crippen MR) is 81.2 cm³/mol. The van der Waals surface area contributed by atoms with Crippen molar-refractivity contribution in [1.82, 2.24) is 4.57 Å². The summed E-state index contributed by atoms with van der Waals surface area (Å²) in [6.07, 6.45) is -4.01. The molecule has 0 unspecified atom stereocenters. The van der Waals surface area contributed by atoms with Gasteiger partial charge in [0.1, 0.15) is 11.4 Å². The van der Waals surface area contributed by atoms with Crippen LogP contribution in [0, 0.1) is 12.7 Å². The second-order valence-electron chi connectivity index (χ2n) is 6.36. The van der Waals surface area contributed by atoms with E-state index in [-0.39, 0.29) is 5.56 Å². The van der Waals surface area contributed by atoms with E-state index in [0.717, 1.165) is 12.1 Å². The van der Waals surface area contributed by atoms with E-state index >= 15 is 0 Å². The number of rotatable bonds is 1. The van der Waals surface area contributed by atoms with Crippen molar-refractivity contribution in [2.24, 2.45) is 0 Å². The zero-order valence-electron chi connectivity index (χ0n) is 13.7. The average molecular weight is 343 g/mol. The second kappa shape index (κ2) is 5.96. The van der Waals surface area contributed by atoms with Gasteiger partial charge in [0.05, 0.1) is 5.56 Å². The zero-order chi connectivity index (χ0) is 18.3. The Morgan fingerprint density at radius 2 is 1.75 bits per heavy atom. The largest absolute Gasteiger partial charge is 0.443 e. The van der Waals surface area contributed by atoms with Crippen molar-refractivity contribution in [2.75, 3.05) is 0 Å². The molecule has 2 rings (SSSR count). The summed E-state index contributed by atoms with van der Waals surface area (Å²) < 4.78 is 58.4. The minimum absolute atomic E-state index is 0.170. The van der Waals surface area contributed by atoms with Crippen LogP contribution in [0.15, 0.2) is 30.5 Å². The van der Waals surface area contributed by atoms with Crippen LogP contribution in [0.4, 0.5) is 22.4 Å². The van der Waals surface area contributed by atoms with E-state index in [4.69, 9.17) is 4.74 Å². The summed E-state index contributed by atoms with van der Waals surface area (Å²) >= 11 is 0. The Kier molecular flexibility index (Phi) is 4.48. The Morgan fingerprint density at radius 1 is 1.12 bits per heavy atom. The number of carbonyl (C=O) groups is 1. The molecule has 0 aliphatic heterocycles. The topological polar surface area (TPSA) is 31.2 Å². The summed E-state index contributed by atoms with van der Waals surface area (Å²) in [6.45, 7) is 6.70. The second-order valence-corrected chi connectivity index (χ2v) is 6.36. The van der Waals surface area contributed by atoms with E-state index in [0.29, 0.717) is 11.3 Å². The SMILES string of the molecule is Cc1c(-c2ccc(F)c(C(F)(F)F)c2)ccn1C(=O)OC(C)(C)C. The lowest BCUT2D eigenvalue weighted by Gasteiger charge is -2.20. The highest BCUT2D eigenvalue weighted by Crippen LogP contribution is 2.35. The van der Waals surface area contributed by atoms with Crippen LogP contribution in [0.1, 0.15) is 32.0 Å². The van der Waals surface area contributed by atoms with Gasteiger partial charge in [-0.15, -0.1) is 0 Å². The number of aromatic nitrogens is 1. The van der Waals surface area contributed by atoms with Crippen LogP contribution < -0.4 is 0 Å². The highest BCUT2D eigenvalue weighted by atomic mass is 19.4. The van der Waals surface area contributed by atoms with Gasteiger partial charge in [0, 0.05) is 17.5 Å². The smallest absolute Gasteiger partial charge is 0.419 e. The molecule has 7 heteroatoms. The number of hydrogen-bond acceptors (Lipinski definition) is 2. The summed E-state index contributed by atoms with van der Waals surface area (Å²) in [6, 6.07) is 4.23. The molecule has 0 amide bonds. The minimum atomic E-state index is -4.79. The van der Waals surface area contributed by atoms with Crippen molar-refractivity contribution in [3.05, 3.63) is 47.5 Å². The lowest BCUT2D eigenvalue weighted by atomic mass is 10.0. The number of carbonyl (C=O) groups excluding carboxylic acids is 1. The number of ether oxygens (including phenoxy) is 1. The van der Waals surface area contributed by atoms with Crippen LogP contribution in [0.2, 0.25) is 0 Å². The quantitative estimate of drug-likeness (QED) is 0.649. The van der Waals surface area contributed by atoms with Crippen LogP contribution in [0.5, 0.6) is 0 Å². The van der Waals surface area contributed by atoms with Gasteiger partial charge in [-0.1, -0.05) is 6.07 Å². The van der Waals surface area contributed by atoms with Gasteiger partial charge >= 0.3 is 12.3 Å². The molecule has 0 aliphatic rings. The summed E-state index contributed by atoms with van der Waals surface area (Å²) in [5, 5.41) is 0. The fourth-order valence-electron chi connectivity index (χ4n) is 2.24. The highest BCUT2D eigenvalue weighted by Gasteiger charge is 2.34. The summed E-state index contributed by atoms with van der Waals surface area (Å²) in [7, 11) is 0. The molecule has 0 spiro atoms. The van der Waals surface area contributed by atoms with E-state index in [1.165, 1.54) is 22.9 Å². The van der Waals surface area contributed by atoms with E-state index in [2.05, 4.69) is 0 Å². The molecule has 0 N–H and O–H groups in total. The number of alkyl halides is 3. The van der Waals surface area contributed by atoms with Crippen LogP contribution >= 0.6 is 0 Å². The molecule has 0 fully saturated rings. The molecular formula is C17H17F4NO2. The molecule has 1 aromatic heterocycles. The first kappa shape index (κ1) is 18.0. The first-order valence-electron chi connectivity index (χ1n) is 7.18. The number of halogens is 4. The van der Waals surface area contributed by atoms with Gasteiger partial charge < -0.3 is 4.74 Å². The Hall–Kier alpha value is -2.31. The highest BCUT2D eigenvalue weighted by molar-refractivity contribution is 5.77. The molecule has 1 aromatic carbocycles. The van der Waals surface area contributed by atoms with Gasteiger partial charge in [0.15, 0.2) is 0 Å². The molecule has 0 radical (unpaired) electrons. The van der Waals surface area contributed by atoms with Crippen molar-refractivity contribution >= 4 is 6.09 Å². The molecule has 0 saturated carbocycles. The van der Waals surface area contributed by atoms with E-state index in [1.54, 1.807) is 27.7 Å². The van der Waals surface area contributed by atoms with Gasteiger partial charge in [-0.2, -0.15) is 13.2 Å². The molecule has 0 bridgehead atoms. The summed E-state index contributed by atoms with van der Waals surface area (Å²) in [4.78, 5) is 12.1. The molecule has 1 heterocycles. The Balaban J connectivity index is 2.44. The maximum Gasteiger partial charge on any atom is 0.419 e. The number of benzene rings is 1. The van der Waals surface area contributed by atoms with Crippen LogP contribution in [0.3, 0.4) is 0 Å². The van der Waals surface area contributed by atoms with Crippen LogP contribution in [-0.4, -0.2) is 16.3 Å². The van der Waals surface area contributed by atoms with Crippen molar-refractivity contribution < 1.29 is 27.1 Å². The fraction of sp³-hybridized carbons (Fsp3) is 0.353. The monoisotopic (exact) mass is 343 g/mol. The van der Waals surface area contributed by atoms with Gasteiger partial charge in [-0.3, -0.25) is 4.57 Å². The number of nitrogens with zero attached hydrogens (tertiary/aromatic N) is 1.